The van der Waals surface area contributed by atoms with Crippen LogP contribution in [0.2, 0.25) is 0 Å². The van der Waals surface area contributed by atoms with Gasteiger partial charge in [0.2, 0.25) is 0 Å². The van der Waals surface area contributed by atoms with Crippen molar-refractivity contribution in [1.29, 1.82) is 0 Å². The first-order chi connectivity index (χ1) is 18.9. The zero-order valence-corrected chi connectivity index (χ0v) is 23.2. The van der Waals surface area contributed by atoms with Crippen molar-refractivity contribution in [2.75, 3.05) is 16.8 Å². The van der Waals surface area contributed by atoms with Gasteiger partial charge in [-0.15, -0.1) is 0 Å². The molecule has 0 saturated carbocycles. The maximum Gasteiger partial charge on any atom is 0.326 e. The number of unbranched alkanes of at least 4 members (excludes halogenated alkanes) is 4. The van der Waals surface area contributed by atoms with E-state index in [1.807, 2.05) is 43.3 Å². The van der Waals surface area contributed by atoms with Crippen LogP contribution in [0, 0.1) is 10.1 Å². The van der Waals surface area contributed by atoms with Crippen LogP contribution in [0.1, 0.15) is 58.8 Å². The Morgan fingerprint density at radius 1 is 0.897 bits per heavy atom. The summed E-state index contributed by atoms with van der Waals surface area (Å²) in [7, 11) is 0. The SMILES string of the molecule is CCCCCCCN(C(=O)Nc1ccccc1[N+](=O)[O-])c1cccc(Sc2ccc(OC(=O)CCC)cc2)c1. The molecule has 0 bridgehead atoms. The zero-order valence-electron chi connectivity index (χ0n) is 22.4. The molecular formula is C30H35N3O5S. The van der Waals surface area contributed by atoms with Gasteiger partial charge < -0.3 is 10.1 Å². The second-order valence-corrected chi connectivity index (χ2v) is 10.2. The van der Waals surface area contributed by atoms with E-state index in [0.717, 1.165) is 48.3 Å². The second kappa shape index (κ2) is 15.5. The molecule has 0 aliphatic carbocycles. The Morgan fingerprint density at radius 2 is 1.64 bits per heavy atom. The average molecular weight is 550 g/mol. The lowest BCUT2D eigenvalue weighted by Gasteiger charge is -2.24. The van der Waals surface area contributed by atoms with Gasteiger partial charge in [-0.25, -0.2) is 4.79 Å². The lowest BCUT2D eigenvalue weighted by molar-refractivity contribution is -0.383. The van der Waals surface area contributed by atoms with Gasteiger partial charge >= 0.3 is 12.0 Å². The van der Waals surface area contributed by atoms with Crippen molar-refractivity contribution in [3.05, 3.63) is 82.9 Å². The molecule has 0 atom stereocenters. The number of carbonyl (C=O) groups is 2. The Balaban J connectivity index is 1.76. The molecule has 2 amide bonds. The Kier molecular flexibility index (Phi) is 11.8. The Hall–Kier alpha value is -3.85. The van der Waals surface area contributed by atoms with Gasteiger partial charge in [0, 0.05) is 34.5 Å². The highest BCUT2D eigenvalue weighted by atomic mass is 32.2. The number of rotatable bonds is 14. The van der Waals surface area contributed by atoms with E-state index in [4.69, 9.17) is 4.74 Å². The smallest absolute Gasteiger partial charge is 0.326 e. The summed E-state index contributed by atoms with van der Waals surface area (Å²) in [6.07, 6.45) is 6.29. The van der Waals surface area contributed by atoms with Gasteiger partial charge in [-0.3, -0.25) is 19.8 Å². The number of nitrogens with zero attached hydrogens (tertiary/aromatic N) is 2. The van der Waals surface area contributed by atoms with Crippen LogP contribution in [0.4, 0.5) is 21.9 Å². The summed E-state index contributed by atoms with van der Waals surface area (Å²) in [5.74, 6) is 0.256. The molecule has 0 aliphatic rings. The number of anilines is 2. The maximum atomic E-state index is 13.4. The lowest BCUT2D eigenvalue weighted by atomic mass is 10.1. The molecule has 3 aromatic rings. The van der Waals surface area contributed by atoms with Gasteiger partial charge in [0.25, 0.3) is 5.69 Å². The van der Waals surface area contributed by atoms with Gasteiger partial charge in [0.1, 0.15) is 11.4 Å². The number of hydrogen-bond donors (Lipinski definition) is 1. The highest BCUT2D eigenvalue weighted by Crippen LogP contribution is 2.32. The number of esters is 1. The van der Waals surface area contributed by atoms with Crippen LogP contribution in [0.15, 0.2) is 82.6 Å². The van der Waals surface area contributed by atoms with Gasteiger partial charge in [-0.2, -0.15) is 0 Å². The third kappa shape index (κ3) is 9.44. The molecule has 9 heteroatoms. The van der Waals surface area contributed by atoms with E-state index in [2.05, 4.69) is 12.2 Å². The topological polar surface area (TPSA) is 102 Å². The molecule has 0 aliphatic heterocycles. The number of benzene rings is 3. The Labute approximate surface area is 233 Å². The number of urea groups is 1. The van der Waals surface area contributed by atoms with Crippen molar-refractivity contribution in [2.45, 2.75) is 68.6 Å². The predicted molar refractivity (Wildman–Crippen MR) is 156 cm³/mol. The molecule has 0 heterocycles. The standard InChI is InChI=1S/C30H35N3O5S/c1-3-5-6-7-10-21-32(30(35)31-27-15-8-9-16-28(27)33(36)37)23-13-11-14-26(22-23)39-25-19-17-24(18-20-25)38-29(34)12-4-2/h8-9,11,13-20,22H,3-7,10,12,21H2,1-2H3,(H,31,35). The molecule has 0 spiro atoms. The zero-order chi connectivity index (χ0) is 28.0. The molecule has 0 radical (unpaired) electrons. The normalized spacial score (nSPS) is 10.6. The van der Waals surface area contributed by atoms with Crippen molar-refractivity contribution in [1.82, 2.24) is 0 Å². The quantitative estimate of drug-likeness (QED) is 0.0711. The van der Waals surface area contributed by atoms with Crippen LogP contribution in [0.25, 0.3) is 0 Å². The van der Waals surface area contributed by atoms with E-state index < -0.39 is 11.0 Å². The fraction of sp³-hybridized carbons (Fsp3) is 0.333. The number of nitro benzene ring substituents is 1. The molecule has 0 fully saturated rings. The van der Waals surface area contributed by atoms with E-state index in [9.17, 15) is 19.7 Å². The molecule has 0 aromatic heterocycles. The number of ether oxygens (including phenoxy) is 1. The van der Waals surface area contributed by atoms with Crippen molar-refractivity contribution >= 4 is 40.8 Å². The van der Waals surface area contributed by atoms with Crippen molar-refractivity contribution in [3.8, 4) is 5.75 Å². The van der Waals surface area contributed by atoms with Crippen molar-refractivity contribution in [2.24, 2.45) is 0 Å². The summed E-state index contributed by atoms with van der Waals surface area (Å²) in [6.45, 7) is 4.57. The third-order valence-corrected chi connectivity index (χ3v) is 6.94. The molecule has 0 unspecified atom stereocenters. The number of carbonyl (C=O) groups excluding carboxylic acids is 2. The predicted octanol–water partition coefficient (Wildman–Crippen LogP) is 8.46. The van der Waals surface area contributed by atoms with E-state index in [1.54, 1.807) is 29.2 Å². The first-order valence-corrected chi connectivity index (χ1v) is 14.1. The van der Waals surface area contributed by atoms with Crippen LogP contribution in [-0.2, 0) is 4.79 Å². The summed E-state index contributed by atoms with van der Waals surface area (Å²) in [4.78, 5) is 39.6. The lowest BCUT2D eigenvalue weighted by Crippen LogP contribution is -2.36. The van der Waals surface area contributed by atoms with Crippen LogP contribution >= 0.6 is 11.8 Å². The Bertz CT molecular complexity index is 1250. The molecule has 3 aromatic carbocycles. The molecule has 0 saturated heterocycles. The van der Waals surface area contributed by atoms with E-state index >= 15 is 0 Å². The fourth-order valence-corrected chi connectivity index (χ4v) is 4.83. The average Bonchev–Trinajstić information content (AvgIpc) is 2.92. The molecule has 8 nitrogen and oxygen atoms in total. The van der Waals surface area contributed by atoms with Gasteiger partial charge in [-0.05, 0) is 61.4 Å². The minimum atomic E-state index is -0.502. The Morgan fingerprint density at radius 3 is 2.36 bits per heavy atom. The van der Waals surface area contributed by atoms with Crippen LogP contribution in [0.3, 0.4) is 0 Å². The number of nitrogens with one attached hydrogen (secondary N) is 1. The first kappa shape index (κ1) is 29.7. The minimum Gasteiger partial charge on any atom is -0.427 e. The fourth-order valence-electron chi connectivity index (χ4n) is 3.96. The first-order valence-electron chi connectivity index (χ1n) is 13.3. The summed E-state index contributed by atoms with van der Waals surface area (Å²) >= 11 is 1.53. The summed E-state index contributed by atoms with van der Waals surface area (Å²) < 4.78 is 5.33. The monoisotopic (exact) mass is 549 g/mol. The highest BCUT2D eigenvalue weighted by Gasteiger charge is 2.20. The van der Waals surface area contributed by atoms with Crippen molar-refractivity contribution < 1.29 is 19.2 Å². The van der Waals surface area contributed by atoms with Crippen LogP contribution in [-0.4, -0.2) is 23.5 Å². The summed E-state index contributed by atoms with van der Waals surface area (Å²) in [5.41, 5.74) is 0.715. The summed E-state index contributed by atoms with van der Waals surface area (Å²) in [6, 6.07) is 20.7. The number of hydrogen-bond acceptors (Lipinski definition) is 6. The van der Waals surface area contributed by atoms with Crippen LogP contribution < -0.4 is 15.0 Å². The number of para-hydroxylation sites is 2. The van der Waals surface area contributed by atoms with E-state index in [-0.39, 0.29) is 17.3 Å². The number of amides is 2. The van der Waals surface area contributed by atoms with Gasteiger partial charge in [-0.1, -0.05) is 69.5 Å². The maximum absolute atomic E-state index is 13.4. The molecule has 206 valence electrons. The molecule has 1 N–H and O–H groups in total. The van der Waals surface area contributed by atoms with E-state index in [0.29, 0.717) is 24.4 Å². The van der Waals surface area contributed by atoms with E-state index in [1.165, 1.54) is 23.9 Å². The molecule has 3 rings (SSSR count). The van der Waals surface area contributed by atoms with Gasteiger partial charge in [0.05, 0.1) is 4.92 Å². The second-order valence-electron chi connectivity index (χ2n) is 9.07. The third-order valence-electron chi connectivity index (χ3n) is 5.95. The van der Waals surface area contributed by atoms with Crippen molar-refractivity contribution in [3.63, 3.8) is 0 Å². The number of nitro groups is 1. The summed E-state index contributed by atoms with van der Waals surface area (Å²) in [5, 5.41) is 14.2. The molecule has 39 heavy (non-hydrogen) atoms. The van der Waals surface area contributed by atoms with Gasteiger partial charge in [0.15, 0.2) is 0 Å². The largest absolute Gasteiger partial charge is 0.427 e. The highest BCUT2D eigenvalue weighted by molar-refractivity contribution is 7.99. The molecular weight excluding hydrogens is 514 g/mol. The minimum absolute atomic E-state index is 0.151. The van der Waals surface area contributed by atoms with Crippen LogP contribution in [0.5, 0.6) is 5.75 Å².